The summed E-state index contributed by atoms with van der Waals surface area (Å²) in [5.41, 5.74) is 1.46. The maximum atomic E-state index is 12.6. The fraction of sp³-hybridized carbons (Fsp3) is 0.316. The number of para-hydroxylation sites is 1. The van der Waals surface area contributed by atoms with Gasteiger partial charge >= 0.3 is 0 Å². The van der Waals surface area contributed by atoms with E-state index in [0.717, 1.165) is 25.7 Å². The van der Waals surface area contributed by atoms with Gasteiger partial charge in [0.25, 0.3) is 11.8 Å². The number of hydrogen-bond donors (Lipinski definition) is 2. The second-order valence-electron chi connectivity index (χ2n) is 6.05. The smallest absolute Gasteiger partial charge is 0.257 e. The first-order valence-corrected chi connectivity index (χ1v) is 8.35. The van der Waals surface area contributed by atoms with E-state index in [1.165, 1.54) is 12.6 Å². The molecule has 0 bridgehead atoms. The lowest BCUT2D eigenvalue weighted by molar-refractivity contribution is 0.0928. The summed E-state index contributed by atoms with van der Waals surface area (Å²) in [7, 11) is 0. The van der Waals surface area contributed by atoms with Crippen LogP contribution < -0.4 is 10.6 Å². The van der Waals surface area contributed by atoms with Gasteiger partial charge < -0.3 is 10.6 Å². The van der Waals surface area contributed by atoms with Crippen molar-refractivity contribution in [2.24, 2.45) is 0 Å². The van der Waals surface area contributed by atoms with Gasteiger partial charge in [0.1, 0.15) is 0 Å². The minimum Gasteiger partial charge on any atom is -0.349 e. The van der Waals surface area contributed by atoms with Gasteiger partial charge in [0.05, 0.1) is 16.8 Å². The third kappa shape index (κ3) is 3.98. The standard InChI is InChI=1S/C19H21N3O2/c23-18(14-7-6-12-20-13-14)22-17-11-5-4-10-16(17)19(24)21-15-8-2-1-3-9-15/h4-7,10-13,15H,1-3,8-9H2,(H,21,24)(H,22,23). The van der Waals surface area contributed by atoms with Crippen LogP contribution in [-0.2, 0) is 0 Å². The van der Waals surface area contributed by atoms with Crippen LogP contribution in [0.15, 0.2) is 48.8 Å². The van der Waals surface area contributed by atoms with Gasteiger partial charge in [-0.1, -0.05) is 31.4 Å². The van der Waals surface area contributed by atoms with Crippen molar-refractivity contribution >= 4 is 17.5 Å². The largest absolute Gasteiger partial charge is 0.349 e. The van der Waals surface area contributed by atoms with Crippen LogP contribution in [0.5, 0.6) is 0 Å². The highest BCUT2D eigenvalue weighted by Gasteiger charge is 2.19. The van der Waals surface area contributed by atoms with Crippen molar-refractivity contribution in [3.05, 3.63) is 59.9 Å². The molecule has 1 aromatic heterocycles. The molecular weight excluding hydrogens is 302 g/mol. The molecule has 1 heterocycles. The monoisotopic (exact) mass is 323 g/mol. The lowest BCUT2D eigenvalue weighted by Gasteiger charge is -2.23. The van der Waals surface area contributed by atoms with Gasteiger partial charge in [-0.2, -0.15) is 0 Å². The molecule has 5 nitrogen and oxygen atoms in total. The van der Waals surface area contributed by atoms with Crippen molar-refractivity contribution in [3.63, 3.8) is 0 Å². The molecule has 0 atom stereocenters. The Morgan fingerprint density at radius 3 is 2.50 bits per heavy atom. The molecule has 2 aromatic rings. The first-order chi connectivity index (χ1) is 11.7. The molecule has 2 N–H and O–H groups in total. The van der Waals surface area contributed by atoms with Crippen LogP contribution in [0.1, 0.15) is 52.8 Å². The lowest BCUT2D eigenvalue weighted by Crippen LogP contribution is -2.36. The van der Waals surface area contributed by atoms with Crippen molar-refractivity contribution in [2.75, 3.05) is 5.32 Å². The summed E-state index contributed by atoms with van der Waals surface area (Å²) in [5.74, 6) is -0.412. The molecule has 0 saturated heterocycles. The van der Waals surface area contributed by atoms with E-state index < -0.39 is 0 Å². The number of hydrogen-bond acceptors (Lipinski definition) is 3. The van der Waals surface area contributed by atoms with Gasteiger partial charge in [-0.25, -0.2) is 0 Å². The highest BCUT2D eigenvalue weighted by atomic mass is 16.2. The summed E-state index contributed by atoms with van der Waals surface area (Å²) in [6.07, 6.45) is 8.72. The van der Waals surface area contributed by atoms with Crippen LogP contribution in [0.3, 0.4) is 0 Å². The Balaban J connectivity index is 1.72. The van der Waals surface area contributed by atoms with E-state index in [0.29, 0.717) is 16.8 Å². The zero-order valence-electron chi connectivity index (χ0n) is 13.5. The summed E-state index contributed by atoms with van der Waals surface area (Å²) in [5, 5.41) is 5.89. The van der Waals surface area contributed by atoms with Crippen molar-refractivity contribution in [2.45, 2.75) is 38.1 Å². The molecule has 3 rings (SSSR count). The van der Waals surface area contributed by atoms with Crippen molar-refractivity contribution in [1.82, 2.24) is 10.3 Å². The Hall–Kier alpha value is -2.69. The van der Waals surface area contributed by atoms with Crippen LogP contribution in [0.4, 0.5) is 5.69 Å². The number of anilines is 1. The third-order valence-corrected chi connectivity index (χ3v) is 4.28. The zero-order valence-corrected chi connectivity index (χ0v) is 13.5. The predicted octanol–water partition coefficient (Wildman–Crippen LogP) is 3.40. The van der Waals surface area contributed by atoms with E-state index in [9.17, 15) is 9.59 Å². The Morgan fingerprint density at radius 2 is 1.75 bits per heavy atom. The van der Waals surface area contributed by atoms with Crippen molar-refractivity contribution in [3.8, 4) is 0 Å². The molecule has 124 valence electrons. The van der Waals surface area contributed by atoms with E-state index in [4.69, 9.17) is 0 Å². The predicted molar refractivity (Wildman–Crippen MR) is 93.0 cm³/mol. The summed E-state index contributed by atoms with van der Waals surface area (Å²) < 4.78 is 0. The normalized spacial score (nSPS) is 14.8. The van der Waals surface area contributed by atoms with Crippen LogP contribution in [0.25, 0.3) is 0 Å². The molecule has 0 radical (unpaired) electrons. The molecule has 24 heavy (non-hydrogen) atoms. The Morgan fingerprint density at radius 1 is 0.958 bits per heavy atom. The van der Waals surface area contributed by atoms with Gasteiger partial charge in [-0.3, -0.25) is 14.6 Å². The van der Waals surface area contributed by atoms with Crippen molar-refractivity contribution < 1.29 is 9.59 Å². The number of carbonyl (C=O) groups excluding carboxylic acids is 2. The first-order valence-electron chi connectivity index (χ1n) is 8.35. The van der Waals surface area contributed by atoms with Gasteiger partial charge in [0, 0.05) is 18.4 Å². The highest BCUT2D eigenvalue weighted by molar-refractivity contribution is 6.08. The van der Waals surface area contributed by atoms with E-state index in [2.05, 4.69) is 15.6 Å². The molecule has 1 aliphatic rings. The van der Waals surface area contributed by atoms with Crippen molar-refractivity contribution in [1.29, 1.82) is 0 Å². The highest BCUT2D eigenvalue weighted by Crippen LogP contribution is 2.20. The minimum absolute atomic E-state index is 0.135. The van der Waals surface area contributed by atoms with Crippen LogP contribution in [0.2, 0.25) is 0 Å². The Bertz CT molecular complexity index is 710. The van der Waals surface area contributed by atoms with E-state index in [-0.39, 0.29) is 17.9 Å². The molecule has 1 saturated carbocycles. The molecule has 0 aliphatic heterocycles. The van der Waals surface area contributed by atoms with E-state index in [1.54, 1.807) is 42.6 Å². The van der Waals surface area contributed by atoms with Gasteiger partial charge in [-0.05, 0) is 37.1 Å². The number of pyridine rings is 1. The quantitative estimate of drug-likeness (QED) is 0.906. The molecule has 1 aromatic carbocycles. The number of nitrogens with zero attached hydrogens (tertiary/aromatic N) is 1. The molecule has 1 aliphatic carbocycles. The summed E-state index contributed by atoms with van der Waals surface area (Å²) in [4.78, 5) is 28.8. The van der Waals surface area contributed by atoms with E-state index in [1.807, 2.05) is 0 Å². The molecule has 0 unspecified atom stereocenters. The molecule has 5 heteroatoms. The Labute approximate surface area is 141 Å². The third-order valence-electron chi connectivity index (χ3n) is 4.28. The van der Waals surface area contributed by atoms with Crippen LogP contribution >= 0.6 is 0 Å². The average molecular weight is 323 g/mol. The number of aromatic nitrogens is 1. The number of nitrogens with one attached hydrogen (secondary N) is 2. The zero-order chi connectivity index (χ0) is 16.8. The van der Waals surface area contributed by atoms with Crippen LogP contribution in [-0.4, -0.2) is 22.8 Å². The number of rotatable bonds is 4. The second-order valence-corrected chi connectivity index (χ2v) is 6.05. The molecular formula is C19H21N3O2. The summed E-state index contributed by atoms with van der Waals surface area (Å²) >= 11 is 0. The van der Waals surface area contributed by atoms with Gasteiger partial charge in [0.15, 0.2) is 0 Å². The maximum Gasteiger partial charge on any atom is 0.257 e. The molecule has 1 fully saturated rings. The average Bonchev–Trinajstić information content (AvgIpc) is 2.63. The summed E-state index contributed by atoms with van der Waals surface area (Å²) in [6, 6.07) is 10.7. The van der Waals surface area contributed by atoms with Gasteiger partial charge in [-0.15, -0.1) is 0 Å². The molecule has 0 spiro atoms. The van der Waals surface area contributed by atoms with Gasteiger partial charge in [0.2, 0.25) is 0 Å². The number of carbonyl (C=O) groups is 2. The fourth-order valence-corrected chi connectivity index (χ4v) is 2.99. The lowest BCUT2D eigenvalue weighted by atomic mass is 9.95. The molecule has 2 amide bonds. The fourth-order valence-electron chi connectivity index (χ4n) is 2.99. The number of amides is 2. The topological polar surface area (TPSA) is 71.1 Å². The second kappa shape index (κ2) is 7.73. The summed E-state index contributed by atoms with van der Waals surface area (Å²) in [6.45, 7) is 0. The minimum atomic E-state index is -0.277. The number of benzene rings is 1. The van der Waals surface area contributed by atoms with Crippen LogP contribution in [0, 0.1) is 0 Å². The SMILES string of the molecule is O=C(Nc1ccccc1C(=O)NC1CCCCC1)c1cccnc1. The Kier molecular flexibility index (Phi) is 5.21. The first kappa shape index (κ1) is 16.2. The maximum absolute atomic E-state index is 12.6. The van der Waals surface area contributed by atoms with E-state index >= 15 is 0 Å².